The summed E-state index contributed by atoms with van der Waals surface area (Å²) < 4.78 is 11.5. The van der Waals surface area contributed by atoms with Crippen molar-refractivity contribution in [2.45, 2.75) is 44.8 Å². The Kier molecular flexibility index (Phi) is 6.84. The molecule has 2 aromatic carbocycles. The molecule has 8 nitrogen and oxygen atoms in total. The highest BCUT2D eigenvalue weighted by molar-refractivity contribution is 6.50. The summed E-state index contributed by atoms with van der Waals surface area (Å²) in [7, 11) is 0. The summed E-state index contributed by atoms with van der Waals surface area (Å²) in [4.78, 5) is 44.7. The van der Waals surface area contributed by atoms with Crippen molar-refractivity contribution in [3.63, 3.8) is 0 Å². The predicted molar refractivity (Wildman–Crippen MR) is 143 cm³/mol. The van der Waals surface area contributed by atoms with E-state index >= 15 is 0 Å². The van der Waals surface area contributed by atoms with Crippen molar-refractivity contribution >= 4 is 29.0 Å². The third-order valence-corrected chi connectivity index (χ3v) is 7.47. The summed E-state index contributed by atoms with van der Waals surface area (Å²) in [6.07, 6.45) is 3.58. The highest BCUT2D eigenvalue weighted by Crippen LogP contribution is 2.54. The zero-order valence-electron chi connectivity index (χ0n) is 21.7. The molecule has 2 unspecified atom stereocenters. The number of nitrogens with zero attached hydrogens (tertiary/aromatic N) is 2. The van der Waals surface area contributed by atoms with Gasteiger partial charge in [0.2, 0.25) is 0 Å². The first-order chi connectivity index (χ1) is 18.4. The molecule has 2 fully saturated rings. The number of anilines is 1. The van der Waals surface area contributed by atoms with Crippen molar-refractivity contribution in [3.8, 4) is 5.75 Å². The molecule has 3 aliphatic heterocycles. The zero-order chi connectivity index (χ0) is 27.0. The molecule has 0 saturated carbocycles. The summed E-state index contributed by atoms with van der Waals surface area (Å²) in [6, 6.07) is 12.2. The van der Waals surface area contributed by atoms with Gasteiger partial charge in [0.05, 0.1) is 17.4 Å². The Bertz CT molecular complexity index is 1340. The van der Waals surface area contributed by atoms with E-state index in [0.29, 0.717) is 48.7 Å². The first-order valence-electron chi connectivity index (χ1n) is 13.0. The van der Waals surface area contributed by atoms with E-state index in [1.807, 2.05) is 26.0 Å². The molecule has 2 atom stereocenters. The number of ether oxygens (including phenoxy) is 2. The van der Waals surface area contributed by atoms with Gasteiger partial charge in [-0.2, -0.15) is 0 Å². The molecule has 2 saturated heterocycles. The number of hydrogen-bond donors (Lipinski definition) is 1. The van der Waals surface area contributed by atoms with E-state index in [1.54, 1.807) is 41.3 Å². The Labute approximate surface area is 222 Å². The van der Waals surface area contributed by atoms with E-state index in [4.69, 9.17) is 9.47 Å². The molecule has 0 radical (unpaired) electrons. The number of Topliss-reactive ketones (excluding diaryl/α,β-unsaturated/α-hetero) is 1. The molecule has 198 valence electrons. The van der Waals surface area contributed by atoms with Crippen molar-refractivity contribution in [2.24, 2.45) is 0 Å². The number of amides is 2. The van der Waals surface area contributed by atoms with Crippen molar-refractivity contribution in [2.75, 3.05) is 31.2 Å². The van der Waals surface area contributed by atoms with Gasteiger partial charge in [-0.1, -0.05) is 37.8 Å². The van der Waals surface area contributed by atoms with Gasteiger partial charge in [0, 0.05) is 30.8 Å². The van der Waals surface area contributed by atoms with Crippen LogP contribution >= 0.6 is 0 Å². The lowest BCUT2D eigenvalue weighted by Gasteiger charge is -2.35. The van der Waals surface area contributed by atoms with Gasteiger partial charge in [0.25, 0.3) is 17.6 Å². The van der Waals surface area contributed by atoms with Crippen LogP contribution in [0.25, 0.3) is 5.76 Å². The van der Waals surface area contributed by atoms with Crippen LogP contribution in [-0.2, 0) is 24.7 Å². The number of aliphatic hydroxyl groups is 1. The summed E-state index contributed by atoms with van der Waals surface area (Å²) in [6.45, 7) is 8.81. The molecular formula is C30H32N2O6. The Morgan fingerprint density at radius 1 is 1.24 bits per heavy atom. The molecule has 1 spiro atoms. The van der Waals surface area contributed by atoms with Crippen LogP contribution in [0.15, 0.2) is 60.7 Å². The topological polar surface area (TPSA) is 96.4 Å². The standard InChI is InChI=1S/C30H32N2O6/c1-4-14-31-23-11-7-6-10-22(23)30(29(31)36)25(27(34)28(35)32(30)18-21-9-8-16-37-21)26(33)20-12-13-24(19(3)17-20)38-15-5-2/h5-7,10-13,17,21,33H,2,4,8-9,14-16,18H2,1,3H3/b26-25+. The highest BCUT2D eigenvalue weighted by atomic mass is 16.5. The fourth-order valence-electron chi connectivity index (χ4n) is 5.81. The van der Waals surface area contributed by atoms with Crippen LogP contribution in [0.1, 0.15) is 42.9 Å². The van der Waals surface area contributed by atoms with Crippen LogP contribution in [0.2, 0.25) is 0 Å². The van der Waals surface area contributed by atoms with Crippen molar-refractivity contribution in [1.82, 2.24) is 4.90 Å². The second-order valence-electron chi connectivity index (χ2n) is 9.87. The van der Waals surface area contributed by atoms with E-state index in [9.17, 15) is 19.5 Å². The molecule has 3 heterocycles. The van der Waals surface area contributed by atoms with Crippen LogP contribution in [-0.4, -0.2) is 60.0 Å². The summed E-state index contributed by atoms with van der Waals surface area (Å²) in [5.74, 6) is -1.90. The van der Waals surface area contributed by atoms with Crippen molar-refractivity contribution < 1.29 is 29.0 Å². The SMILES string of the molecule is C=CCOc1ccc(/C(O)=C2/C(=O)C(=O)N(CC3CCCO3)C23C(=O)N(CCC)c2ccccc23)cc1C. The molecular weight excluding hydrogens is 484 g/mol. The van der Waals surface area contributed by atoms with E-state index in [-0.39, 0.29) is 18.2 Å². The molecule has 3 aliphatic rings. The average Bonchev–Trinajstić information content (AvgIpc) is 3.58. The van der Waals surface area contributed by atoms with Gasteiger partial charge in [0.15, 0.2) is 5.54 Å². The smallest absolute Gasteiger partial charge is 0.296 e. The van der Waals surface area contributed by atoms with Gasteiger partial charge >= 0.3 is 0 Å². The number of hydrogen-bond acceptors (Lipinski definition) is 6. The van der Waals surface area contributed by atoms with Crippen molar-refractivity contribution in [1.29, 1.82) is 0 Å². The van der Waals surface area contributed by atoms with Gasteiger partial charge in [0.1, 0.15) is 18.1 Å². The minimum absolute atomic E-state index is 0.0781. The fraction of sp³-hybridized carbons (Fsp3) is 0.367. The maximum atomic E-state index is 14.4. The normalized spacial score (nSPS) is 23.9. The molecule has 0 bridgehead atoms. The van der Waals surface area contributed by atoms with Crippen LogP contribution in [0.3, 0.4) is 0 Å². The first-order valence-corrected chi connectivity index (χ1v) is 13.0. The van der Waals surface area contributed by atoms with Crippen LogP contribution in [0.5, 0.6) is 5.75 Å². The van der Waals surface area contributed by atoms with Gasteiger partial charge in [-0.15, -0.1) is 0 Å². The monoisotopic (exact) mass is 516 g/mol. The second-order valence-corrected chi connectivity index (χ2v) is 9.87. The Morgan fingerprint density at radius 3 is 2.71 bits per heavy atom. The Hall–Kier alpha value is -3.91. The minimum atomic E-state index is -1.78. The van der Waals surface area contributed by atoms with Crippen molar-refractivity contribution in [3.05, 3.63) is 77.4 Å². The number of aliphatic hydroxyl groups excluding tert-OH is 1. The average molecular weight is 517 g/mol. The molecule has 8 heteroatoms. The maximum absolute atomic E-state index is 14.4. The van der Waals surface area contributed by atoms with Gasteiger partial charge in [-0.05, 0) is 56.0 Å². The molecule has 1 N–H and O–H groups in total. The Balaban J connectivity index is 1.73. The summed E-state index contributed by atoms with van der Waals surface area (Å²) >= 11 is 0. The largest absolute Gasteiger partial charge is 0.507 e. The number of rotatable bonds is 8. The first kappa shape index (κ1) is 25.7. The molecule has 2 aromatic rings. The van der Waals surface area contributed by atoms with E-state index < -0.39 is 28.9 Å². The lowest BCUT2D eigenvalue weighted by atomic mass is 9.81. The van der Waals surface area contributed by atoms with Crippen LogP contribution in [0, 0.1) is 6.92 Å². The molecule has 5 rings (SSSR count). The van der Waals surface area contributed by atoms with Crippen LogP contribution < -0.4 is 9.64 Å². The zero-order valence-corrected chi connectivity index (χ0v) is 21.7. The summed E-state index contributed by atoms with van der Waals surface area (Å²) in [5.41, 5.74) is 0.206. The lowest BCUT2D eigenvalue weighted by Crippen LogP contribution is -2.53. The number of likely N-dealkylation sites (tertiary alicyclic amines) is 1. The number of fused-ring (bicyclic) bond motifs is 2. The second kappa shape index (κ2) is 10.1. The third kappa shape index (κ3) is 3.82. The number of ketones is 1. The van der Waals surface area contributed by atoms with Crippen LogP contribution in [0.4, 0.5) is 5.69 Å². The fourth-order valence-corrected chi connectivity index (χ4v) is 5.81. The Morgan fingerprint density at radius 2 is 2.03 bits per heavy atom. The highest BCUT2D eigenvalue weighted by Gasteiger charge is 2.67. The van der Waals surface area contributed by atoms with E-state index in [0.717, 1.165) is 18.4 Å². The van der Waals surface area contributed by atoms with Gasteiger partial charge in [-0.3, -0.25) is 14.4 Å². The minimum Gasteiger partial charge on any atom is -0.507 e. The number of benzene rings is 2. The lowest BCUT2D eigenvalue weighted by molar-refractivity contribution is -0.145. The van der Waals surface area contributed by atoms with E-state index in [1.165, 1.54) is 4.90 Å². The summed E-state index contributed by atoms with van der Waals surface area (Å²) in [5, 5.41) is 11.7. The quantitative estimate of drug-likeness (QED) is 0.246. The molecule has 38 heavy (non-hydrogen) atoms. The predicted octanol–water partition coefficient (Wildman–Crippen LogP) is 4.07. The van der Waals surface area contributed by atoms with Gasteiger partial charge in [-0.25, -0.2) is 0 Å². The molecule has 2 amide bonds. The molecule has 0 aliphatic carbocycles. The number of para-hydroxylation sites is 1. The van der Waals surface area contributed by atoms with Gasteiger partial charge < -0.3 is 24.4 Å². The van der Waals surface area contributed by atoms with E-state index in [2.05, 4.69) is 6.58 Å². The number of carbonyl (C=O) groups is 3. The third-order valence-electron chi connectivity index (χ3n) is 7.47. The molecule has 0 aromatic heterocycles. The maximum Gasteiger partial charge on any atom is 0.296 e. The number of aryl methyl sites for hydroxylation is 1. The number of carbonyl (C=O) groups excluding carboxylic acids is 3.